The molecule has 1 aromatic rings. The molecule has 0 unspecified atom stereocenters. The van der Waals surface area contributed by atoms with Crippen LogP contribution in [0.3, 0.4) is 0 Å². The van der Waals surface area contributed by atoms with Gasteiger partial charge in [0, 0.05) is 30.9 Å². The lowest BCUT2D eigenvalue weighted by molar-refractivity contribution is -0.110. The van der Waals surface area contributed by atoms with Crippen LogP contribution in [-0.4, -0.2) is 41.5 Å². The Bertz CT molecular complexity index is 354. The van der Waals surface area contributed by atoms with E-state index in [1.807, 2.05) is 13.8 Å². The fraction of sp³-hybridized carbons (Fsp3) is 0.571. The van der Waals surface area contributed by atoms with Crippen molar-refractivity contribution in [3.8, 4) is 0 Å². The molecule has 1 aliphatic rings. The van der Waals surface area contributed by atoms with E-state index in [0.717, 1.165) is 25.2 Å². The highest BCUT2D eigenvalue weighted by molar-refractivity contribution is 5.49. The van der Waals surface area contributed by atoms with Crippen LogP contribution in [0.1, 0.15) is 30.8 Å². The summed E-state index contributed by atoms with van der Waals surface area (Å²) < 4.78 is 0. The maximum atomic E-state index is 8.92. The highest BCUT2D eigenvalue weighted by Crippen LogP contribution is 2.15. The lowest BCUT2D eigenvalue weighted by atomic mass is 10.1. The maximum Gasteiger partial charge on any atom is 0.145 e. The zero-order valence-electron chi connectivity index (χ0n) is 11.8. The smallest absolute Gasteiger partial charge is 0.145 e. The molecule has 4 heteroatoms. The van der Waals surface area contributed by atoms with Gasteiger partial charge in [-0.1, -0.05) is 19.9 Å². The van der Waals surface area contributed by atoms with E-state index in [2.05, 4.69) is 36.0 Å². The molecule has 1 N–H and O–H groups in total. The topological polar surface area (TPSA) is 53.4 Å². The number of aromatic nitrogens is 1. The van der Waals surface area contributed by atoms with Gasteiger partial charge in [0.15, 0.2) is 0 Å². The zero-order chi connectivity index (χ0) is 14.0. The van der Waals surface area contributed by atoms with Crippen LogP contribution in [0.5, 0.6) is 0 Å². The van der Waals surface area contributed by atoms with Gasteiger partial charge < -0.3 is 14.8 Å². The monoisotopic (exact) mass is 252 g/mol. The Morgan fingerprint density at radius 1 is 1.44 bits per heavy atom. The molecule has 1 aromatic heterocycles. The molecule has 4 nitrogen and oxygen atoms in total. The Hall–Kier alpha value is -1.26. The Kier molecular flexibility index (Phi) is 9.06. The molecule has 0 saturated carbocycles. The third-order valence-electron chi connectivity index (χ3n) is 2.45. The van der Waals surface area contributed by atoms with Crippen molar-refractivity contribution < 1.29 is 9.90 Å². The number of likely N-dealkylation sites (N-methyl/N-ethyl adjacent to an activating group) is 1. The molecule has 102 valence electrons. The van der Waals surface area contributed by atoms with Gasteiger partial charge in [-0.05, 0) is 25.6 Å². The van der Waals surface area contributed by atoms with Gasteiger partial charge in [-0.2, -0.15) is 0 Å². The Balaban J connectivity index is 0.000000415. The van der Waals surface area contributed by atoms with Crippen LogP contribution in [0, 0.1) is 6.92 Å². The van der Waals surface area contributed by atoms with Gasteiger partial charge in [-0.25, -0.2) is 0 Å². The summed E-state index contributed by atoms with van der Waals surface area (Å²) in [5.41, 5.74) is 3.83. The van der Waals surface area contributed by atoms with Crippen LogP contribution in [0.2, 0.25) is 0 Å². The first-order valence-corrected chi connectivity index (χ1v) is 6.35. The number of hydrogen-bond acceptors (Lipinski definition) is 4. The van der Waals surface area contributed by atoms with Crippen molar-refractivity contribution in [2.75, 3.05) is 20.2 Å². The quantitative estimate of drug-likeness (QED) is 0.771. The Morgan fingerprint density at radius 3 is 2.61 bits per heavy atom. The average Bonchev–Trinajstić information content (AvgIpc) is 2.42. The first-order chi connectivity index (χ1) is 8.67. The highest BCUT2D eigenvalue weighted by Gasteiger charge is 2.13. The summed E-state index contributed by atoms with van der Waals surface area (Å²) in [5, 5.41) is 7.51. The van der Waals surface area contributed by atoms with E-state index in [1.165, 1.54) is 11.3 Å². The number of aliphatic hydroxyl groups excluding tert-OH is 1. The van der Waals surface area contributed by atoms with Crippen molar-refractivity contribution in [3.63, 3.8) is 0 Å². The van der Waals surface area contributed by atoms with E-state index < -0.39 is 0 Å². The average molecular weight is 252 g/mol. The first-order valence-electron chi connectivity index (χ1n) is 6.35. The van der Waals surface area contributed by atoms with Crippen LogP contribution >= 0.6 is 0 Å². The fourth-order valence-electron chi connectivity index (χ4n) is 1.67. The minimum atomic E-state index is -0.361. The number of rotatable bonds is 1. The van der Waals surface area contributed by atoms with Crippen molar-refractivity contribution in [2.45, 2.75) is 33.7 Å². The molecule has 2 rings (SSSR count). The SMILES string of the molecule is CC.Cc1ccc2c(n1)CCN(C)C2.O=CCO. The summed E-state index contributed by atoms with van der Waals surface area (Å²) >= 11 is 0. The predicted octanol–water partition coefficient (Wildman–Crippen LogP) is 1.58. The standard InChI is InChI=1S/C10H14N2.C2H4O2.C2H6/c1-8-3-4-9-7-12(2)6-5-10(9)11-8;3-1-2-4;1-2/h3-4H,5-7H2,1-2H3;1,4H,2H2;1-2H3. The van der Waals surface area contributed by atoms with E-state index >= 15 is 0 Å². The van der Waals surface area contributed by atoms with Gasteiger partial charge in [0.25, 0.3) is 0 Å². The predicted molar refractivity (Wildman–Crippen MR) is 73.5 cm³/mol. The van der Waals surface area contributed by atoms with Crippen molar-refractivity contribution in [1.29, 1.82) is 0 Å². The molecule has 2 heterocycles. The number of aldehydes is 1. The summed E-state index contributed by atoms with van der Waals surface area (Å²) in [7, 11) is 2.16. The van der Waals surface area contributed by atoms with Crippen molar-refractivity contribution in [3.05, 3.63) is 29.1 Å². The summed E-state index contributed by atoms with van der Waals surface area (Å²) in [6, 6.07) is 4.30. The fourth-order valence-corrected chi connectivity index (χ4v) is 1.67. The van der Waals surface area contributed by atoms with E-state index in [9.17, 15) is 0 Å². The molecule has 0 fully saturated rings. The van der Waals surface area contributed by atoms with Gasteiger partial charge in [0.1, 0.15) is 6.29 Å². The number of hydrogen-bond donors (Lipinski definition) is 1. The molecule has 0 bridgehead atoms. The Morgan fingerprint density at radius 2 is 2.06 bits per heavy atom. The second-order valence-corrected chi connectivity index (χ2v) is 3.90. The van der Waals surface area contributed by atoms with Gasteiger partial charge >= 0.3 is 0 Å². The van der Waals surface area contributed by atoms with Gasteiger partial charge in [0.2, 0.25) is 0 Å². The minimum absolute atomic E-state index is 0.361. The van der Waals surface area contributed by atoms with Crippen molar-refractivity contribution >= 4 is 6.29 Å². The summed E-state index contributed by atoms with van der Waals surface area (Å²) in [6.07, 6.45) is 1.54. The number of aryl methyl sites for hydroxylation is 1. The van der Waals surface area contributed by atoms with Crippen LogP contribution < -0.4 is 0 Å². The molecule has 0 atom stereocenters. The van der Waals surface area contributed by atoms with E-state index in [4.69, 9.17) is 9.90 Å². The summed E-state index contributed by atoms with van der Waals surface area (Å²) in [6.45, 7) is 7.89. The minimum Gasteiger partial charge on any atom is -0.389 e. The molecule has 0 spiro atoms. The van der Waals surface area contributed by atoms with Crippen molar-refractivity contribution in [2.24, 2.45) is 0 Å². The number of aliphatic hydroxyl groups is 1. The third-order valence-corrected chi connectivity index (χ3v) is 2.45. The highest BCUT2D eigenvalue weighted by atomic mass is 16.3. The molecule has 0 radical (unpaired) electrons. The van der Waals surface area contributed by atoms with Crippen LogP contribution in [0.25, 0.3) is 0 Å². The number of fused-ring (bicyclic) bond motifs is 1. The largest absolute Gasteiger partial charge is 0.389 e. The van der Waals surface area contributed by atoms with Crippen LogP contribution in [-0.2, 0) is 17.8 Å². The van der Waals surface area contributed by atoms with E-state index in [-0.39, 0.29) is 6.61 Å². The molecule has 0 aromatic carbocycles. The molecular formula is C14H24N2O2. The molecule has 1 aliphatic heterocycles. The second-order valence-electron chi connectivity index (χ2n) is 3.90. The zero-order valence-corrected chi connectivity index (χ0v) is 11.8. The Labute approximate surface area is 110 Å². The lowest BCUT2D eigenvalue weighted by Crippen LogP contribution is -2.27. The molecule has 18 heavy (non-hydrogen) atoms. The molecule has 0 aliphatic carbocycles. The van der Waals surface area contributed by atoms with Gasteiger partial charge in [0.05, 0.1) is 6.61 Å². The molecular weight excluding hydrogens is 228 g/mol. The third kappa shape index (κ3) is 5.89. The lowest BCUT2D eigenvalue weighted by Gasteiger charge is -2.24. The number of carbonyl (C=O) groups is 1. The van der Waals surface area contributed by atoms with E-state index in [0.29, 0.717) is 6.29 Å². The van der Waals surface area contributed by atoms with Gasteiger partial charge in [-0.3, -0.25) is 4.98 Å². The van der Waals surface area contributed by atoms with E-state index in [1.54, 1.807) is 0 Å². The maximum absolute atomic E-state index is 8.92. The molecule has 0 amide bonds. The number of carbonyl (C=O) groups excluding carboxylic acids is 1. The van der Waals surface area contributed by atoms with Crippen LogP contribution in [0.4, 0.5) is 0 Å². The number of pyridine rings is 1. The molecule has 0 saturated heterocycles. The van der Waals surface area contributed by atoms with Crippen LogP contribution in [0.15, 0.2) is 12.1 Å². The van der Waals surface area contributed by atoms with Crippen molar-refractivity contribution in [1.82, 2.24) is 9.88 Å². The second kappa shape index (κ2) is 9.74. The summed E-state index contributed by atoms with van der Waals surface area (Å²) in [4.78, 5) is 15.8. The summed E-state index contributed by atoms with van der Waals surface area (Å²) in [5.74, 6) is 0. The first kappa shape index (κ1) is 16.7. The number of nitrogens with zero attached hydrogens (tertiary/aromatic N) is 2. The normalized spacial score (nSPS) is 13.4. The van der Waals surface area contributed by atoms with Gasteiger partial charge in [-0.15, -0.1) is 0 Å².